The third kappa shape index (κ3) is 6.53. The summed E-state index contributed by atoms with van der Waals surface area (Å²) in [5, 5.41) is 11.6. The minimum absolute atomic E-state index is 0.0273. The number of benzene rings is 2. The standard InChI is InChI=1S/C29H28F3N3O6/c30-29(31,32)24-23(34-26(41-24)17-4-2-1-3-5-17)25(36)33-20-10-12-21(13-11-20)40-22-14-15-35(16-22)27(37)18-6-8-19(9-7-18)28(38)39/h1-5,10-13,18-19,22H,6-9,14-16H2,(H,33,36)(H,38,39). The zero-order valence-electron chi connectivity index (χ0n) is 21.9. The van der Waals surface area contributed by atoms with E-state index in [-0.39, 0.29) is 35.4 Å². The van der Waals surface area contributed by atoms with E-state index in [1.54, 1.807) is 35.2 Å². The van der Waals surface area contributed by atoms with E-state index in [4.69, 9.17) is 14.3 Å². The number of hydrogen-bond acceptors (Lipinski definition) is 6. The Hall–Kier alpha value is -4.35. The summed E-state index contributed by atoms with van der Waals surface area (Å²) in [5.74, 6) is -3.72. The number of aromatic nitrogens is 1. The lowest BCUT2D eigenvalue weighted by Crippen LogP contribution is -2.38. The zero-order valence-corrected chi connectivity index (χ0v) is 21.9. The van der Waals surface area contributed by atoms with Gasteiger partial charge in [-0.15, -0.1) is 0 Å². The van der Waals surface area contributed by atoms with Crippen molar-refractivity contribution in [2.45, 2.75) is 44.4 Å². The Kier molecular flexibility index (Phi) is 8.00. The molecule has 2 aromatic carbocycles. The molecule has 216 valence electrons. The molecule has 3 aromatic rings. The smallest absolute Gasteiger partial charge is 0.452 e. The number of carbonyl (C=O) groups excluding carboxylic acids is 2. The number of rotatable bonds is 7. The molecule has 1 saturated carbocycles. The third-order valence-corrected chi connectivity index (χ3v) is 7.42. The van der Waals surface area contributed by atoms with Crippen LogP contribution in [0.15, 0.2) is 59.0 Å². The van der Waals surface area contributed by atoms with Gasteiger partial charge >= 0.3 is 12.1 Å². The average molecular weight is 572 g/mol. The lowest BCUT2D eigenvalue weighted by Gasteiger charge is -2.28. The molecule has 9 nitrogen and oxygen atoms in total. The first-order valence-electron chi connectivity index (χ1n) is 13.3. The molecule has 2 N–H and O–H groups in total. The van der Waals surface area contributed by atoms with Crippen LogP contribution in [0.5, 0.6) is 5.75 Å². The van der Waals surface area contributed by atoms with Gasteiger partial charge in [-0.2, -0.15) is 13.2 Å². The van der Waals surface area contributed by atoms with E-state index in [0.717, 1.165) is 0 Å². The summed E-state index contributed by atoms with van der Waals surface area (Å²) in [5.41, 5.74) is -0.333. The SMILES string of the molecule is O=C(Nc1ccc(OC2CCN(C(=O)C3CCC(C(=O)O)CC3)C2)cc1)c1nc(-c2ccccc2)oc1C(F)(F)F. The van der Waals surface area contributed by atoms with Gasteiger partial charge in [-0.25, -0.2) is 4.98 Å². The van der Waals surface area contributed by atoms with Crippen molar-refractivity contribution in [3.63, 3.8) is 0 Å². The van der Waals surface area contributed by atoms with Crippen LogP contribution in [0.3, 0.4) is 0 Å². The monoisotopic (exact) mass is 571 g/mol. The molecule has 1 saturated heterocycles. The predicted molar refractivity (Wildman–Crippen MR) is 140 cm³/mol. The molecule has 5 rings (SSSR count). The maximum atomic E-state index is 13.6. The summed E-state index contributed by atoms with van der Waals surface area (Å²) in [6, 6.07) is 14.1. The van der Waals surface area contributed by atoms with Crippen LogP contribution in [-0.2, 0) is 15.8 Å². The van der Waals surface area contributed by atoms with Gasteiger partial charge < -0.3 is 24.5 Å². The van der Waals surface area contributed by atoms with E-state index in [0.29, 0.717) is 56.5 Å². The molecule has 41 heavy (non-hydrogen) atoms. The van der Waals surface area contributed by atoms with Crippen LogP contribution in [0.2, 0.25) is 0 Å². The van der Waals surface area contributed by atoms with Gasteiger partial charge in [0.25, 0.3) is 5.91 Å². The van der Waals surface area contributed by atoms with Crippen molar-refractivity contribution < 1.29 is 41.8 Å². The first-order chi connectivity index (χ1) is 19.6. The number of nitrogens with one attached hydrogen (secondary N) is 1. The van der Waals surface area contributed by atoms with Crippen molar-refractivity contribution >= 4 is 23.5 Å². The number of aliphatic carboxylic acids is 1. The van der Waals surface area contributed by atoms with Gasteiger partial charge in [0.15, 0.2) is 5.69 Å². The number of alkyl halides is 3. The van der Waals surface area contributed by atoms with Crippen molar-refractivity contribution in [3.8, 4) is 17.2 Å². The van der Waals surface area contributed by atoms with Gasteiger partial charge in [0.2, 0.25) is 17.6 Å². The van der Waals surface area contributed by atoms with E-state index in [2.05, 4.69) is 10.3 Å². The summed E-state index contributed by atoms with van der Waals surface area (Å²) in [6.45, 7) is 0.951. The van der Waals surface area contributed by atoms with E-state index < -0.39 is 29.5 Å². The number of anilines is 1. The number of hydrogen-bond donors (Lipinski definition) is 2. The molecule has 2 fully saturated rings. The first-order valence-corrected chi connectivity index (χ1v) is 13.3. The Morgan fingerprint density at radius 1 is 0.951 bits per heavy atom. The number of carbonyl (C=O) groups is 3. The van der Waals surface area contributed by atoms with Gasteiger partial charge in [-0.05, 0) is 62.1 Å². The summed E-state index contributed by atoms with van der Waals surface area (Å²) in [4.78, 5) is 42.4. The molecule has 2 aliphatic rings. The lowest BCUT2D eigenvalue weighted by molar-refractivity contribution is -0.153. The highest BCUT2D eigenvalue weighted by molar-refractivity contribution is 6.04. The minimum Gasteiger partial charge on any atom is -0.489 e. The number of carboxylic acid groups (broad SMARTS) is 1. The molecule has 1 unspecified atom stereocenters. The van der Waals surface area contributed by atoms with Crippen LogP contribution >= 0.6 is 0 Å². The summed E-state index contributed by atoms with van der Waals surface area (Å²) in [7, 11) is 0. The fourth-order valence-corrected chi connectivity index (χ4v) is 5.24. The van der Waals surface area contributed by atoms with E-state index in [1.807, 2.05) is 0 Å². The summed E-state index contributed by atoms with van der Waals surface area (Å²) >= 11 is 0. The zero-order chi connectivity index (χ0) is 29.1. The van der Waals surface area contributed by atoms with Gasteiger partial charge in [-0.3, -0.25) is 14.4 Å². The van der Waals surface area contributed by atoms with Crippen molar-refractivity contribution in [1.82, 2.24) is 9.88 Å². The molecule has 0 bridgehead atoms. The van der Waals surface area contributed by atoms with Gasteiger partial charge in [-0.1, -0.05) is 18.2 Å². The van der Waals surface area contributed by atoms with Crippen LogP contribution in [0.4, 0.5) is 18.9 Å². The van der Waals surface area contributed by atoms with E-state index in [1.165, 1.54) is 24.3 Å². The van der Waals surface area contributed by atoms with Crippen molar-refractivity contribution in [1.29, 1.82) is 0 Å². The number of ether oxygens (including phenoxy) is 1. The van der Waals surface area contributed by atoms with Crippen LogP contribution in [-0.4, -0.2) is 52.0 Å². The Labute approximate surface area is 233 Å². The first kappa shape index (κ1) is 28.2. The second kappa shape index (κ2) is 11.6. The number of carboxylic acids is 1. The molecule has 2 amide bonds. The molecule has 1 aliphatic heterocycles. The van der Waals surface area contributed by atoms with Gasteiger partial charge in [0.1, 0.15) is 11.9 Å². The Morgan fingerprint density at radius 2 is 1.61 bits per heavy atom. The third-order valence-electron chi connectivity index (χ3n) is 7.42. The van der Waals surface area contributed by atoms with Crippen LogP contribution in [0.1, 0.15) is 48.4 Å². The molecule has 0 spiro atoms. The molecular weight excluding hydrogens is 543 g/mol. The van der Waals surface area contributed by atoms with Crippen molar-refractivity contribution in [2.24, 2.45) is 11.8 Å². The van der Waals surface area contributed by atoms with Crippen LogP contribution in [0, 0.1) is 11.8 Å². The number of halogens is 3. The highest BCUT2D eigenvalue weighted by Gasteiger charge is 2.42. The maximum Gasteiger partial charge on any atom is 0.452 e. The topological polar surface area (TPSA) is 122 Å². The largest absolute Gasteiger partial charge is 0.489 e. The molecule has 1 aromatic heterocycles. The van der Waals surface area contributed by atoms with E-state index >= 15 is 0 Å². The minimum atomic E-state index is -4.92. The van der Waals surface area contributed by atoms with Crippen LogP contribution in [0.25, 0.3) is 11.5 Å². The van der Waals surface area contributed by atoms with E-state index in [9.17, 15) is 27.6 Å². The number of likely N-dealkylation sites (tertiary alicyclic amines) is 1. The Morgan fingerprint density at radius 3 is 2.24 bits per heavy atom. The van der Waals surface area contributed by atoms with Gasteiger partial charge in [0.05, 0.1) is 12.5 Å². The second-order valence-electron chi connectivity index (χ2n) is 10.2. The number of nitrogens with zero attached hydrogens (tertiary/aromatic N) is 2. The fraction of sp³-hybridized carbons (Fsp3) is 0.379. The fourth-order valence-electron chi connectivity index (χ4n) is 5.24. The Balaban J connectivity index is 1.17. The van der Waals surface area contributed by atoms with Crippen molar-refractivity contribution in [3.05, 3.63) is 66.1 Å². The lowest BCUT2D eigenvalue weighted by atomic mass is 9.81. The Bertz CT molecular complexity index is 1400. The highest BCUT2D eigenvalue weighted by atomic mass is 19.4. The molecule has 12 heteroatoms. The van der Waals surface area contributed by atoms with Gasteiger partial charge in [0, 0.05) is 30.1 Å². The maximum absolute atomic E-state index is 13.6. The summed E-state index contributed by atoms with van der Waals surface area (Å²) < 4.78 is 51.6. The summed E-state index contributed by atoms with van der Waals surface area (Å²) in [6.07, 6.45) is -2.39. The average Bonchev–Trinajstić information content (AvgIpc) is 3.62. The quantitative estimate of drug-likeness (QED) is 0.385. The number of oxazole rings is 1. The second-order valence-corrected chi connectivity index (χ2v) is 10.2. The molecule has 1 atom stereocenters. The molecular formula is C29H28F3N3O6. The molecule has 1 aliphatic carbocycles. The predicted octanol–water partition coefficient (Wildman–Crippen LogP) is 5.48. The van der Waals surface area contributed by atoms with Crippen molar-refractivity contribution in [2.75, 3.05) is 18.4 Å². The normalized spacial score (nSPS) is 21.0. The number of amides is 2. The van der Waals surface area contributed by atoms with Crippen LogP contribution < -0.4 is 10.1 Å². The molecule has 2 heterocycles. The molecule has 0 radical (unpaired) electrons. The highest BCUT2D eigenvalue weighted by Crippen LogP contribution is 2.36.